The maximum Gasteiger partial charge on any atom is 0.145 e. The molecule has 1 heterocycles. The number of rotatable bonds is 3. The second kappa shape index (κ2) is 4.16. The summed E-state index contributed by atoms with van der Waals surface area (Å²) in [5, 5.41) is 0. The molecule has 0 spiro atoms. The summed E-state index contributed by atoms with van der Waals surface area (Å²) in [5.74, 6) is 0.761. The highest BCUT2D eigenvalue weighted by molar-refractivity contribution is 5.02. The normalized spacial score (nSPS) is 12.9. The van der Waals surface area contributed by atoms with Gasteiger partial charge in [0.1, 0.15) is 5.82 Å². The molecule has 0 aliphatic rings. The number of nitrogens with two attached hydrogens (primary N) is 1. The van der Waals surface area contributed by atoms with Crippen molar-refractivity contribution in [3.63, 3.8) is 0 Å². The van der Waals surface area contributed by atoms with Crippen molar-refractivity contribution in [3.05, 3.63) is 23.8 Å². The van der Waals surface area contributed by atoms with Gasteiger partial charge in [0.25, 0.3) is 0 Å². The van der Waals surface area contributed by atoms with E-state index in [2.05, 4.69) is 16.9 Å². The summed E-state index contributed by atoms with van der Waals surface area (Å²) in [6, 6.07) is 1.87. The first-order valence-electron chi connectivity index (χ1n) is 4.29. The van der Waals surface area contributed by atoms with Gasteiger partial charge in [-0.1, -0.05) is 13.3 Å². The number of hydrogen-bond acceptors (Lipinski definition) is 3. The van der Waals surface area contributed by atoms with Crippen molar-refractivity contribution in [2.75, 3.05) is 0 Å². The van der Waals surface area contributed by atoms with Crippen LogP contribution in [0.3, 0.4) is 0 Å². The van der Waals surface area contributed by atoms with Crippen LogP contribution in [0.15, 0.2) is 12.3 Å². The molecule has 0 amide bonds. The molecule has 0 aliphatic heterocycles. The second-order valence-electron chi connectivity index (χ2n) is 2.95. The van der Waals surface area contributed by atoms with E-state index in [9.17, 15) is 0 Å². The third kappa shape index (κ3) is 2.27. The maximum absolute atomic E-state index is 5.85. The van der Waals surface area contributed by atoms with Gasteiger partial charge in [-0.3, -0.25) is 0 Å². The molecule has 2 N–H and O–H groups in total. The summed E-state index contributed by atoms with van der Waals surface area (Å²) in [5.41, 5.74) is 6.83. The van der Waals surface area contributed by atoms with Gasteiger partial charge in [-0.05, 0) is 19.4 Å². The molecule has 0 aliphatic carbocycles. The molecule has 1 unspecified atom stereocenters. The van der Waals surface area contributed by atoms with Crippen LogP contribution in [0.25, 0.3) is 0 Å². The number of aryl methyl sites for hydroxylation is 1. The lowest BCUT2D eigenvalue weighted by Crippen LogP contribution is -2.13. The van der Waals surface area contributed by atoms with Crippen LogP contribution in [-0.4, -0.2) is 9.97 Å². The Morgan fingerprint density at radius 3 is 2.92 bits per heavy atom. The van der Waals surface area contributed by atoms with Crippen LogP contribution in [0.5, 0.6) is 0 Å². The molecule has 1 aromatic heterocycles. The lowest BCUT2D eigenvalue weighted by atomic mass is 10.1. The zero-order chi connectivity index (χ0) is 8.97. The van der Waals surface area contributed by atoms with Crippen molar-refractivity contribution in [1.82, 2.24) is 9.97 Å². The summed E-state index contributed by atoms with van der Waals surface area (Å²) in [4.78, 5) is 8.38. The molecule has 66 valence electrons. The summed E-state index contributed by atoms with van der Waals surface area (Å²) in [6.45, 7) is 4.06. The molecule has 1 aromatic rings. The Hall–Kier alpha value is -0.960. The van der Waals surface area contributed by atoms with Gasteiger partial charge >= 0.3 is 0 Å². The average Bonchev–Trinajstić information content (AvgIpc) is 2.05. The Morgan fingerprint density at radius 2 is 2.33 bits per heavy atom. The van der Waals surface area contributed by atoms with Crippen molar-refractivity contribution in [1.29, 1.82) is 0 Å². The highest BCUT2D eigenvalue weighted by Crippen LogP contribution is 2.10. The summed E-state index contributed by atoms with van der Waals surface area (Å²) in [6.07, 6.45) is 3.77. The molecule has 0 bridgehead atoms. The van der Waals surface area contributed by atoms with Crippen molar-refractivity contribution >= 4 is 0 Å². The van der Waals surface area contributed by atoms with E-state index in [0.717, 1.165) is 24.4 Å². The largest absolute Gasteiger partial charge is 0.321 e. The van der Waals surface area contributed by atoms with Gasteiger partial charge in [0, 0.05) is 11.9 Å². The van der Waals surface area contributed by atoms with Gasteiger partial charge in [-0.2, -0.15) is 0 Å². The van der Waals surface area contributed by atoms with Crippen LogP contribution in [0.2, 0.25) is 0 Å². The average molecular weight is 165 g/mol. The van der Waals surface area contributed by atoms with Gasteiger partial charge < -0.3 is 5.73 Å². The first-order valence-corrected chi connectivity index (χ1v) is 4.29. The zero-order valence-corrected chi connectivity index (χ0v) is 7.62. The maximum atomic E-state index is 5.85. The smallest absolute Gasteiger partial charge is 0.145 e. The monoisotopic (exact) mass is 165 g/mol. The third-order valence-corrected chi connectivity index (χ3v) is 1.74. The van der Waals surface area contributed by atoms with E-state index in [1.165, 1.54) is 0 Å². The predicted octanol–water partition coefficient (Wildman–Crippen LogP) is 1.58. The van der Waals surface area contributed by atoms with Gasteiger partial charge in [-0.15, -0.1) is 0 Å². The van der Waals surface area contributed by atoms with E-state index in [-0.39, 0.29) is 6.04 Å². The lowest BCUT2D eigenvalue weighted by molar-refractivity contribution is 0.599. The quantitative estimate of drug-likeness (QED) is 0.739. The van der Waals surface area contributed by atoms with E-state index >= 15 is 0 Å². The SMILES string of the molecule is CCCC(N)c1nccc(C)n1. The topological polar surface area (TPSA) is 51.8 Å². The Kier molecular flexibility index (Phi) is 3.17. The molecule has 1 atom stereocenters. The van der Waals surface area contributed by atoms with Crippen LogP contribution < -0.4 is 5.73 Å². The van der Waals surface area contributed by atoms with E-state index in [1.54, 1.807) is 6.20 Å². The van der Waals surface area contributed by atoms with Crippen LogP contribution in [-0.2, 0) is 0 Å². The molecule has 3 nitrogen and oxygen atoms in total. The van der Waals surface area contributed by atoms with Crippen molar-refractivity contribution < 1.29 is 0 Å². The Bertz CT molecular complexity index is 247. The molecule has 0 aromatic carbocycles. The Morgan fingerprint density at radius 1 is 1.58 bits per heavy atom. The molecular formula is C9H15N3. The van der Waals surface area contributed by atoms with Gasteiger partial charge in [-0.25, -0.2) is 9.97 Å². The van der Waals surface area contributed by atoms with E-state index in [1.807, 2.05) is 13.0 Å². The van der Waals surface area contributed by atoms with Crippen molar-refractivity contribution in [3.8, 4) is 0 Å². The molecule has 3 heteroatoms. The zero-order valence-electron chi connectivity index (χ0n) is 7.62. The number of hydrogen-bond donors (Lipinski definition) is 1. The van der Waals surface area contributed by atoms with Crippen LogP contribution in [0, 0.1) is 6.92 Å². The fourth-order valence-electron chi connectivity index (χ4n) is 1.09. The fourth-order valence-corrected chi connectivity index (χ4v) is 1.09. The minimum absolute atomic E-state index is 0.00472. The molecule has 0 saturated carbocycles. The fraction of sp³-hybridized carbons (Fsp3) is 0.556. The summed E-state index contributed by atoms with van der Waals surface area (Å²) >= 11 is 0. The Labute approximate surface area is 73.0 Å². The first-order chi connectivity index (χ1) is 5.74. The predicted molar refractivity (Wildman–Crippen MR) is 48.6 cm³/mol. The number of aromatic nitrogens is 2. The molecule has 12 heavy (non-hydrogen) atoms. The molecular weight excluding hydrogens is 150 g/mol. The van der Waals surface area contributed by atoms with Gasteiger partial charge in [0.15, 0.2) is 0 Å². The molecule has 0 saturated heterocycles. The summed E-state index contributed by atoms with van der Waals surface area (Å²) in [7, 11) is 0. The second-order valence-corrected chi connectivity index (χ2v) is 2.95. The minimum atomic E-state index is -0.00472. The van der Waals surface area contributed by atoms with Crippen molar-refractivity contribution in [2.24, 2.45) is 5.73 Å². The minimum Gasteiger partial charge on any atom is -0.321 e. The van der Waals surface area contributed by atoms with E-state index in [0.29, 0.717) is 0 Å². The molecule has 0 fully saturated rings. The van der Waals surface area contributed by atoms with E-state index < -0.39 is 0 Å². The van der Waals surface area contributed by atoms with Gasteiger partial charge in [0.2, 0.25) is 0 Å². The highest BCUT2D eigenvalue weighted by atomic mass is 14.9. The van der Waals surface area contributed by atoms with Gasteiger partial charge in [0.05, 0.1) is 6.04 Å². The van der Waals surface area contributed by atoms with E-state index in [4.69, 9.17) is 5.73 Å². The Balaban J connectivity index is 2.73. The first kappa shape index (κ1) is 9.13. The third-order valence-electron chi connectivity index (χ3n) is 1.74. The molecule has 1 rings (SSSR count). The van der Waals surface area contributed by atoms with Crippen molar-refractivity contribution in [2.45, 2.75) is 32.7 Å². The summed E-state index contributed by atoms with van der Waals surface area (Å²) < 4.78 is 0. The molecule has 0 radical (unpaired) electrons. The highest BCUT2D eigenvalue weighted by Gasteiger charge is 2.06. The van der Waals surface area contributed by atoms with Crippen LogP contribution in [0.4, 0.5) is 0 Å². The number of nitrogens with zero attached hydrogens (tertiary/aromatic N) is 2. The standard InChI is InChI=1S/C9H15N3/c1-3-4-8(10)9-11-6-5-7(2)12-9/h5-6,8H,3-4,10H2,1-2H3. The van der Waals surface area contributed by atoms with Crippen LogP contribution >= 0.6 is 0 Å². The lowest BCUT2D eigenvalue weighted by Gasteiger charge is -2.07. The van der Waals surface area contributed by atoms with Crippen LogP contribution in [0.1, 0.15) is 37.3 Å².